The van der Waals surface area contributed by atoms with Gasteiger partial charge < -0.3 is 5.32 Å². The summed E-state index contributed by atoms with van der Waals surface area (Å²) < 4.78 is 0. The fourth-order valence-corrected chi connectivity index (χ4v) is 1.44. The number of nitro groups is 1. The van der Waals surface area contributed by atoms with Crippen molar-refractivity contribution in [2.75, 3.05) is 5.32 Å². The van der Waals surface area contributed by atoms with E-state index in [1.165, 1.54) is 0 Å². The molecule has 2 aromatic heterocycles. The Labute approximate surface area is 107 Å². The van der Waals surface area contributed by atoms with E-state index in [9.17, 15) is 10.1 Å². The summed E-state index contributed by atoms with van der Waals surface area (Å²) in [6, 6.07) is 3.62. The Morgan fingerprint density at radius 1 is 1.44 bits per heavy atom. The van der Waals surface area contributed by atoms with E-state index in [-0.39, 0.29) is 16.8 Å². The molecule has 2 aromatic rings. The SMILES string of the molecule is O=[N+]([O-])c1cnc(Cl)nc1NCc1cccnc1. The van der Waals surface area contributed by atoms with Crippen LogP contribution in [0.5, 0.6) is 0 Å². The maximum absolute atomic E-state index is 10.8. The molecule has 0 radical (unpaired) electrons. The van der Waals surface area contributed by atoms with Crippen molar-refractivity contribution in [3.05, 3.63) is 51.7 Å². The van der Waals surface area contributed by atoms with Crippen molar-refractivity contribution in [2.24, 2.45) is 0 Å². The molecule has 0 spiro atoms. The number of hydrogen-bond donors (Lipinski definition) is 1. The topological polar surface area (TPSA) is 93.8 Å². The average Bonchev–Trinajstić information content (AvgIpc) is 2.37. The van der Waals surface area contributed by atoms with Gasteiger partial charge >= 0.3 is 5.69 Å². The average molecular weight is 266 g/mol. The Bertz CT molecular complexity index is 563. The summed E-state index contributed by atoms with van der Waals surface area (Å²) in [7, 11) is 0. The molecule has 0 aromatic carbocycles. The first-order valence-electron chi connectivity index (χ1n) is 4.96. The highest BCUT2D eigenvalue weighted by atomic mass is 35.5. The van der Waals surface area contributed by atoms with Gasteiger partial charge in [-0.3, -0.25) is 15.1 Å². The Morgan fingerprint density at radius 3 is 2.94 bits per heavy atom. The second-order valence-corrected chi connectivity index (χ2v) is 3.68. The summed E-state index contributed by atoms with van der Waals surface area (Å²) in [5.41, 5.74) is 0.657. The molecule has 0 fully saturated rings. The predicted octanol–water partition coefficient (Wildman–Crippen LogP) is 2.05. The number of halogens is 1. The van der Waals surface area contributed by atoms with Crippen LogP contribution in [0.15, 0.2) is 30.7 Å². The standard InChI is InChI=1S/C10H8ClN5O2/c11-10-14-6-8(16(17)18)9(15-10)13-5-7-2-1-3-12-4-7/h1-4,6H,5H2,(H,13,14,15). The molecule has 2 rings (SSSR count). The van der Waals surface area contributed by atoms with Crippen molar-refractivity contribution in [1.29, 1.82) is 0 Å². The first kappa shape index (κ1) is 12.2. The molecule has 0 unspecified atom stereocenters. The number of nitrogens with zero attached hydrogens (tertiary/aromatic N) is 4. The molecule has 0 bridgehead atoms. The fourth-order valence-electron chi connectivity index (χ4n) is 1.31. The molecule has 0 aliphatic heterocycles. The van der Waals surface area contributed by atoms with Gasteiger partial charge in [0.05, 0.1) is 4.92 Å². The highest BCUT2D eigenvalue weighted by Gasteiger charge is 2.16. The molecule has 92 valence electrons. The molecule has 0 atom stereocenters. The predicted molar refractivity (Wildman–Crippen MR) is 65.3 cm³/mol. The van der Waals surface area contributed by atoms with E-state index < -0.39 is 4.92 Å². The molecular formula is C10H8ClN5O2. The number of rotatable bonds is 4. The van der Waals surface area contributed by atoms with Crippen LogP contribution in [-0.4, -0.2) is 19.9 Å². The van der Waals surface area contributed by atoms with E-state index in [1.54, 1.807) is 18.5 Å². The van der Waals surface area contributed by atoms with Gasteiger partial charge in [-0.15, -0.1) is 0 Å². The molecule has 0 saturated carbocycles. The number of hydrogen-bond acceptors (Lipinski definition) is 6. The molecule has 1 N–H and O–H groups in total. The first-order valence-corrected chi connectivity index (χ1v) is 5.34. The molecule has 0 aliphatic rings. The lowest BCUT2D eigenvalue weighted by molar-refractivity contribution is -0.384. The number of nitrogens with one attached hydrogen (secondary N) is 1. The number of aromatic nitrogens is 3. The Balaban J connectivity index is 2.18. The van der Waals surface area contributed by atoms with Crippen molar-refractivity contribution in [3.63, 3.8) is 0 Å². The van der Waals surface area contributed by atoms with E-state index in [4.69, 9.17) is 11.6 Å². The van der Waals surface area contributed by atoms with Gasteiger partial charge in [-0.2, -0.15) is 4.98 Å². The van der Waals surface area contributed by atoms with E-state index in [2.05, 4.69) is 20.3 Å². The molecule has 2 heterocycles. The molecule has 7 nitrogen and oxygen atoms in total. The van der Waals surface area contributed by atoms with E-state index in [0.29, 0.717) is 6.54 Å². The van der Waals surface area contributed by atoms with Gasteiger partial charge in [-0.25, -0.2) is 4.98 Å². The van der Waals surface area contributed by atoms with Crippen LogP contribution in [0.3, 0.4) is 0 Å². The monoisotopic (exact) mass is 265 g/mol. The molecule has 8 heteroatoms. The maximum atomic E-state index is 10.8. The van der Waals surface area contributed by atoms with Crippen LogP contribution in [0.2, 0.25) is 5.28 Å². The number of pyridine rings is 1. The van der Waals surface area contributed by atoms with Crippen LogP contribution < -0.4 is 5.32 Å². The van der Waals surface area contributed by atoms with Crippen LogP contribution in [0, 0.1) is 10.1 Å². The van der Waals surface area contributed by atoms with Crippen molar-refractivity contribution in [1.82, 2.24) is 15.0 Å². The zero-order valence-electron chi connectivity index (χ0n) is 9.08. The van der Waals surface area contributed by atoms with Gasteiger partial charge in [0, 0.05) is 18.9 Å². The fraction of sp³-hybridized carbons (Fsp3) is 0.100. The lowest BCUT2D eigenvalue weighted by atomic mass is 10.3. The third-order valence-corrected chi connectivity index (χ3v) is 2.30. The van der Waals surface area contributed by atoms with Gasteiger partial charge in [0.25, 0.3) is 0 Å². The van der Waals surface area contributed by atoms with Crippen molar-refractivity contribution >= 4 is 23.1 Å². The molecule has 18 heavy (non-hydrogen) atoms. The van der Waals surface area contributed by atoms with Crippen molar-refractivity contribution < 1.29 is 4.92 Å². The van der Waals surface area contributed by atoms with Crippen LogP contribution in [0.25, 0.3) is 0 Å². The van der Waals surface area contributed by atoms with Crippen LogP contribution >= 0.6 is 11.6 Å². The smallest absolute Gasteiger partial charge is 0.329 e. The number of anilines is 1. The van der Waals surface area contributed by atoms with Crippen LogP contribution in [0.1, 0.15) is 5.56 Å². The highest BCUT2D eigenvalue weighted by Crippen LogP contribution is 2.22. The van der Waals surface area contributed by atoms with Crippen molar-refractivity contribution in [3.8, 4) is 0 Å². The minimum atomic E-state index is -0.568. The largest absolute Gasteiger partial charge is 0.360 e. The highest BCUT2D eigenvalue weighted by molar-refractivity contribution is 6.28. The van der Waals surface area contributed by atoms with Crippen LogP contribution in [-0.2, 0) is 6.54 Å². The maximum Gasteiger partial charge on any atom is 0.329 e. The van der Waals surface area contributed by atoms with Gasteiger partial charge in [-0.1, -0.05) is 6.07 Å². The normalized spacial score (nSPS) is 10.1. The third kappa shape index (κ3) is 2.89. The lowest BCUT2D eigenvalue weighted by Crippen LogP contribution is -2.05. The third-order valence-electron chi connectivity index (χ3n) is 2.12. The molecule has 0 amide bonds. The Kier molecular flexibility index (Phi) is 3.63. The van der Waals surface area contributed by atoms with Crippen molar-refractivity contribution in [2.45, 2.75) is 6.54 Å². The van der Waals surface area contributed by atoms with Crippen LogP contribution in [0.4, 0.5) is 11.5 Å². The van der Waals surface area contributed by atoms with E-state index >= 15 is 0 Å². The molecule has 0 aliphatic carbocycles. The van der Waals surface area contributed by atoms with Gasteiger partial charge in [0.1, 0.15) is 6.20 Å². The minimum Gasteiger partial charge on any atom is -0.360 e. The van der Waals surface area contributed by atoms with Gasteiger partial charge in [-0.05, 0) is 23.2 Å². The molecule has 0 saturated heterocycles. The zero-order valence-corrected chi connectivity index (χ0v) is 9.83. The summed E-state index contributed by atoms with van der Waals surface area (Å²) in [6.07, 6.45) is 4.37. The Hall–Kier alpha value is -2.28. The first-order chi connectivity index (χ1) is 8.66. The second-order valence-electron chi connectivity index (χ2n) is 3.34. The van der Waals surface area contributed by atoms with Gasteiger partial charge in [0.2, 0.25) is 11.1 Å². The summed E-state index contributed by atoms with van der Waals surface area (Å²) in [5.74, 6) is 0.0869. The Morgan fingerprint density at radius 2 is 2.28 bits per heavy atom. The van der Waals surface area contributed by atoms with Gasteiger partial charge in [0.15, 0.2) is 0 Å². The van der Waals surface area contributed by atoms with E-state index in [1.807, 2.05) is 6.07 Å². The molecular weight excluding hydrogens is 258 g/mol. The zero-order chi connectivity index (χ0) is 13.0. The quantitative estimate of drug-likeness (QED) is 0.516. The second kappa shape index (κ2) is 5.37. The van der Waals surface area contributed by atoms with E-state index in [0.717, 1.165) is 11.8 Å². The minimum absolute atomic E-state index is 0.0470. The summed E-state index contributed by atoms with van der Waals surface area (Å²) >= 11 is 5.61. The summed E-state index contributed by atoms with van der Waals surface area (Å²) in [5, 5.41) is 13.6. The lowest BCUT2D eigenvalue weighted by Gasteiger charge is -2.05. The summed E-state index contributed by atoms with van der Waals surface area (Å²) in [4.78, 5) is 21.5. The summed E-state index contributed by atoms with van der Waals surface area (Å²) in [6.45, 7) is 0.363.